The highest BCUT2D eigenvalue weighted by atomic mass is 32.1. The summed E-state index contributed by atoms with van der Waals surface area (Å²) in [5, 5.41) is 2.92. The van der Waals surface area contributed by atoms with E-state index in [1.54, 1.807) is 7.11 Å². The third kappa shape index (κ3) is 3.09. The zero-order valence-corrected chi connectivity index (χ0v) is 12.9. The Morgan fingerprint density at radius 1 is 1.24 bits per heavy atom. The summed E-state index contributed by atoms with van der Waals surface area (Å²) in [6.45, 7) is 3.85. The predicted octanol–water partition coefficient (Wildman–Crippen LogP) is 3.14. The van der Waals surface area contributed by atoms with Crippen LogP contribution in [0, 0.1) is 6.92 Å². The van der Waals surface area contributed by atoms with Gasteiger partial charge in [-0.15, -0.1) is 11.3 Å². The van der Waals surface area contributed by atoms with E-state index in [9.17, 15) is 4.79 Å². The molecule has 2 aromatic rings. The molecule has 0 spiro atoms. The van der Waals surface area contributed by atoms with E-state index in [0.29, 0.717) is 6.10 Å². The van der Waals surface area contributed by atoms with Crippen molar-refractivity contribution >= 4 is 28.6 Å². The molecule has 2 heterocycles. The Morgan fingerprint density at radius 2 is 1.95 bits per heavy atom. The average molecular weight is 302 g/mol. The Morgan fingerprint density at radius 3 is 2.52 bits per heavy atom. The van der Waals surface area contributed by atoms with Crippen molar-refractivity contribution in [3.8, 4) is 0 Å². The summed E-state index contributed by atoms with van der Waals surface area (Å²) in [6, 6.07) is 11.7. The van der Waals surface area contributed by atoms with Crippen molar-refractivity contribution in [3.63, 3.8) is 0 Å². The average Bonchev–Trinajstić information content (AvgIpc) is 2.86. The number of rotatable bonds is 4. The molecule has 1 saturated heterocycles. The lowest BCUT2D eigenvalue weighted by atomic mass is 10.1. The van der Waals surface area contributed by atoms with E-state index < -0.39 is 0 Å². The van der Waals surface area contributed by atoms with E-state index in [2.05, 4.69) is 10.2 Å². The fraction of sp³-hybridized carbons (Fsp3) is 0.312. The fourth-order valence-electron chi connectivity index (χ4n) is 2.30. The SMILES string of the molecule is COC1CN(c2ccc(NC(=O)c3ccc(C)s3)cc2)C1. The number of benzene rings is 1. The summed E-state index contributed by atoms with van der Waals surface area (Å²) in [5.74, 6) is -0.0516. The van der Waals surface area contributed by atoms with Crippen LogP contribution in [0.2, 0.25) is 0 Å². The molecule has 0 saturated carbocycles. The summed E-state index contributed by atoms with van der Waals surface area (Å²) in [7, 11) is 1.74. The van der Waals surface area contributed by atoms with Crippen molar-refractivity contribution in [2.24, 2.45) is 0 Å². The smallest absolute Gasteiger partial charge is 0.265 e. The second-order valence-electron chi connectivity index (χ2n) is 5.17. The van der Waals surface area contributed by atoms with Crippen LogP contribution in [0.5, 0.6) is 0 Å². The first-order valence-electron chi connectivity index (χ1n) is 6.91. The maximum Gasteiger partial charge on any atom is 0.265 e. The Kier molecular flexibility index (Phi) is 3.94. The van der Waals surface area contributed by atoms with Crippen LogP contribution in [0.25, 0.3) is 0 Å². The molecule has 0 aliphatic carbocycles. The van der Waals surface area contributed by atoms with Gasteiger partial charge in [0.05, 0.1) is 11.0 Å². The highest BCUT2D eigenvalue weighted by Gasteiger charge is 2.26. The number of aryl methyl sites for hydroxylation is 1. The summed E-state index contributed by atoms with van der Waals surface area (Å²) in [5.41, 5.74) is 1.98. The summed E-state index contributed by atoms with van der Waals surface area (Å²) in [6.07, 6.45) is 0.339. The van der Waals surface area contributed by atoms with E-state index in [0.717, 1.165) is 34.2 Å². The van der Waals surface area contributed by atoms with Gasteiger partial charge < -0.3 is 15.0 Å². The third-order valence-electron chi connectivity index (χ3n) is 3.64. The number of anilines is 2. The third-order valence-corrected chi connectivity index (χ3v) is 4.64. The van der Waals surface area contributed by atoms with Gasteiger partial charge in [0.1, 0.15) is 0 Å². The fourth-order valence-corrected chi connectivity index (χ4v) is 3.07. The van der Waals surface area contributed by atoms with E-state index in [4.69, 9.17) is 4.74 Å². The molecule has 0 atom stereocenters. The normalized spacial score (nSPS) is 14.9. The van der Waals surface area contributed by atoms with Gasteiger partial charge in [-0.2, -0.15) is 0 Å². The van der Waals surface area contributed by atoms with Crippen LogP contribution in [-0.2, 0) is 4.74 Å². The number of carbonyl (C=O) groups excluding carboxylic acids is 1. The minimum atomic E-state index is -0.0516. The van der Waals surface area contributed by atoms with E-state index in [1.165, 1.54) is 11.3 Å². The van der Waals surface area contributed by atoms with Crippen LogP contribution in [0.1, 0.15) is 14.5 Å². The second-order valence-corrected chi connectivity index (χ2v) is 6.46. The molecule has 0 bridgehead atoms. The van der Waals surface area contributed by atoms with Crippen LogP contribution in [-0.4, -0.2) is 32.2 Å². The zero-order chi connectivity index (χ0) is 14.8. The van der Waals surface area contributed by atoms with Crippen molar-refractivity contribution in [3.05, 3.63) is 46.2 Å². The minimum Gasteiger partial charge on any atom is -0.378 e. The maximum absolute atomic E-state index is 12.1. The zero-order valence-electron chi connectivity index (χ0n) is 12.1. The molecule has 0 unspecified atom stereocenters. The highest BCUT2D eigenvalue weighted by molar-refractivity contribution is 7.14. The molecule has 1 aliphatic rings. The standard InChI is InChI=1S/C16H18N2O2S/c1-11-3-8-15(21-11)16(19)17-12-4-6-13(7-5-12)18-9-14(10-18)20-2/h3-8,14H,9-10H2,1-2H3,(H,17,19). The molecular formula is C16H18N2O2S. The van der Waals surface area contributed by atoms with Crippen LogP contribution >= 0.6 is 11.3 Å². The molecular weight excluding hydrogens is 284 g/mol. The molecule has 0 radical (unpaired) electrons. The van der Waals surface area contributed by atoms with Gasteiger partial charge in [-0.1, -0.05) is 0 Å². The number of methoxy groups -OCH3 is 1. The lowest BCUT2D eigenvalue weighted by molar-refractivity contribution is 0.0788. The quantitative estimate of drug-likeness (QED) is 0.943. The number of ether oxygens (including phenoxy) is 1. The molecule has 110 valence electrons. The van der Waals surface area contributed by atoms with Gasteiger partial charge in [-0.05, 0) is 43.3 Å². The van der Waals surface area contributed by atoms with Crippen LogP contribution in [0.15, 0.2) is 36.4 Å². The summed E-state index contributed by atoms with van der Waals surface area (Å²) in [4.78, 5) is 16.2. The Bertz CT molecular complexity index is 630. The number of nitrogens with one attached hydrogen (secondary N) is 1. The van der Waals surface area contributed by atoms with Crippen LogP contribution < -0.4 is 10.2 Å². The van der Waals surface area contributed by atoms with Gasteiger partial charge in [0, 0.05) is 36.5 Å². The van der Waals surface area contributed by atoms with Crippen LogP contribution in [0.4, 0.5) is 11.4 Å². The van der Waals surface area contributed by atoms with Gasteiger partial charge in [0.2, 0.25) is 0 Å². The lowest BCUT2D eigenvalue weighted by Gasteiger charge is -2.40. The number of carbonyl (C=O) groups is 1. The van der Waals surface area contributed by atoms with E-state index in [-0.39, 0.29) is 5.91 Å². The number of hydrogen-bond acceptors (Lipinski definition) is 4. The summed E-state index contributed by atoms with van der Waals surface area (Å²) < 4.78 is 5.27. The monoisotopic (exact) mass is 302 g/mol. The highest BCUT2D eigenvalue weighted by Crippen LogP contribution is 2.24. The van der Waals surface area contributed by atoms with Gasteiger partial charge in [0.15, 0.2) is 0 Å². The first kappa shape index (κ1) is 14.1. The van der Waals surface area contributed by atoms with E-state index in [1.807, 2.05) is 43.3 Å². The molecule has 1 aromatic heterocycles. The molecule has 1 N–H and O–H groups in total. The molecule has 5 heteroatoms. The summed E-state index contributed by atoms with van der Waals surface area (Å²) >= 11 is 1.50. The second kappa shape index (κ2) is 5.87. The van der Waals surface area contributed by atoms with Crippen LogP contribution in [0.3, 0.4) is 0 Å². The number of nitrogens with zero attached hydrogens (tertiary/aromatic N) is 1. The molecule has 3 rings (SSSR count). The first-order valence-corrected chi connectivity index (χ1v) is 7.73. The van der Waals surface area contributed by atoms with Gasteiger partial charge in [-0.25, -0.2) is 0 Å². The molecule has 1 aromatic carbocycles. The largest absolute Gasteiger partial charge is 0.378 e. The lowest BCUT2D eigenvalue weighted by Crippen LogP contribution is -2.51. The molecule has 21 heavy (non-hydrogen) atoms. The Balaban J connectivity index is 1.61. The number of hydrogen-bond donors (Lipinski definition) is 1. The number of amides is 1. The van der Waals surface area contributed by atoms with Crippen molar-refractivity contribution in [2.45, 2.75) is 13.0 Å². The topological polar surface area (TPSA) is 41.6 Å². The van der Waals surface area contributed by atoms with Gasteiger partial charge in [0.25, 0.3) is 5.91 Å². The van der Waals surface area contributed by atoms with Gasteiger partial charge in [-0.3, -0.25) is 4.79 Å². The van der Waals surface area contributed by atoms with E-state index >= 15 is 0 Å². The molecule has 1 amide bonds. The molecule has 1 fully saturated rings. The molecule has 4 nitrogen and oxygen atoms in total. The Hall–Kier alpha value is -1.85. The maximum atomic E-state index is 12.1. The first-order chi connectivity index (χ1) is 10.2. The van der Waals surface area contributed by atoms with Gasteiger partial charge >= 0.3 is 0 Å². The van der Waals surface area contributed by atoms with Crippen molar-refractivity contribution < 1.29 is 9.53 Å². The predicted molar refractivity (Wildman–Crippen MR) is 86.5 cm³/mol. The number of thiophene rings is 1. The van der Waals surface area contributed by atoms with Crippen molar-refractivity contribution in [1.29, 1.82) is 0 Å². The van der Waals surface area contributed by atoms with Crippen molar-refractivity contribution in [2.75, 3.05) is 30.4 Å². The Labute approximate surface area is 128 Å². The molecule has 1 aliphatic heterocycles. The van der Waals surface area contributed by atoms with Crippen molar-refractivity contribution in [1.82, 2.24) is 0 Å². The minimum absolute atomic E-state index is 0.0516.